The second-order valence-electron chi connectivity index (χ2n) is 7.82. The van der Waals surface area contributed by atoms with Crippen LogP contribution in [0, 0.1) is 0 Å². The van der Waals surface area contributed by atoms with Crippen LogP contribution >= 0.6 is 12.6 Å². The van der Waals surface area contributed by atoms with Crippen molar-refractivity contribution in [1.29, 1.82) is 0 Å². The smallest absolute Gasteiger partial charge is 0.375 e. The van der Waals surface area contributed by atoms with Gasteiger partial charge in [0.2, 0.25) is 0 Å². The van der Waals surface area contributed by atoms with E-state index in [0.717, 1.165) is 22.0 Å². The third-order valence-electron chi connectivity index (χ3n) is 5.39. The number of hydrogen-bond donors (Lipinski definition) is 2. The number of hydroxylamine groups is 2. The molecule has 0 radical (unpaired) electrons. The molecule has 11 heteroatoms. The van der Waals surface area contributed by atoms with E-state index in [1.54, 1.807) is 26.4 Å². The molecule has 1 aliphatic heterocycles. The predicted octanol–water partition coefficient (Wildman–Crippen LogP) is 2.47. The minimum Gasteiger partial charge on any atom is -0.378 e. The number of hydrogen-bond acceptors (Lipinski definition) is 10. The van der Waals surface area contributed by atoms with E-state index >= 15 is 0 Å². The van der Waals surface area contributed by atoms with Gasteiger partial charge in [-0.2, -0.15) is 17.7 Å². The lowest BCUT2D eigenvalue weighted by Gasteiger charge is -2.29. The topological polar surface area (TPSA) is 109 Å². The first kappa shape index (κ1) is 21.6. The minimum atomic E-state index is -0.551. The molecule has 0 spiro atoms. The first-order valence-corrected chi connectivity index (χ1v) is 11.2. The summed E-state index contributed by atoms with van der Waals surface area (Å²) < 4.78 is 5.54. The van der Waals surface area contributed by atoms with Gasteiger partial charge in [-0.1, -0.05) is 12.1 Å². The van der Waals surface area contributed by atoms with Crippen LogP contribution in [0.3, 0.4) is 0 Å². The SMILES string of the molecule is CN(C)OC(=O)c1cc(CS)c2nc(-c3cccc4[nH]ncc34)nc(N3CCOCC3)c2n1. The Kier molecular flexibility index (Phi) is 5.83. The van der Waals surface area contributed by atoms with Crippen molar-refractivity contribution < 1.29 is 14.4 Å². The molecule has 3 aromatic heterocycles. The molecule has 1 aliphatic rings. The molecule has 5 rings (SSSR count). The zero-order chi connectivity index (χ0) is 22.9. The predicted molar refractivity (Wildman–Crippen MR) is 127 cm³/mol. The van der Waals surface area contributed by atoms with Crippen LogP contribution in [0.25, 0.3) is 33.3 Å². The number of aromatic nitrogens is 5. The number of H-pyrrole nitrogens is 1. The van der Waals surface area contributed by atoms with Crippen molar-refractivity contribution in [1.82, 2.24) is 30.2 Å². The van der Waals surface area contributed by atoms with Gasteiger partial charge in [0, 0.05) is 43.9 Å². The molecule has 0 aliphatic carbocycles. The van der Waals surface area contributed by atoms with Gasteiger partial charge in [-0.3, -0.25) is 5.10 Å². The number of thiol groups is 1. The molecule has 0 unspecified atom stereocenters. The van der Waals surface area contributed by atoms with E-state index in [-0.39, 0.29) is 5.69 Å². The number of fused-ring (bicyclic) bond motifs is 2. The Labute approximate surface area is 195 Å². The van der Waals surface area contributed by atoms with Crippen LogP contribution in [0.15, 0.2) is 30.5 Å². The van der Waals surface area contributed by atoms with E-state index in [0.29, 0.717) is 54.7 Å². The van der Waals surface area contributed by atoms with Gasteiger partial charge in [0.1, 0.15) is 5.52 Å². The van der Waals surface area contributed by atoms with E-state index in [9.17, 15) is 4.79 Å². The highest BCUT2D eigenvalue weighted by Crippen LogP contribution is 2.32. The number of carbonyl (C=O) groups is 1. The number of morpholine rings is 1. The van der Waals surface area contributed by atoms with Gasteiger partial charge in [0.25, 0.3) is 0 Å². The van der Waals surface area contributed by atoms with Gasteiger partial charge >= 0.3 is 5.97 Å². The Morgan fingerprint density at radius 3 is 2.79 bits per heavy atom. The van der Waals surface area contributed by atoms with Crippen LogP contribution in [0.5, 0.6) is 0 Å². The number of carbonyl (C=O) groups excluding carboxylic acids is 1. The summed E-state index contributed by atoms with van der Waals surface area (Å²) in [5.74, 6) is 1.03. The van der Waals surface area contributed by atoms with Crippen LogP contribution in [0.4, 0.5) is 5.82 Å². The number of nitrogens with zero attached hydrogens (tertiary/aromatic N) is 6. The fourth-order valence-corrected chi connectivity index (χ4v) is 4.11. The maximum atomic E-state index is 12.6. The highest BCUT2D eigenvalue weighted by atomic mass is 32.1. The summed E-state index contributed by atoms with van der Waals surface area (Å²) in [6.07, 6.45) is 1.77. The number of benzene rings is 1. The first-order chi connectivity index (χ1) is 16.0. The maximum absolute atomic E-state index is 12.6. The van der Waals surface area contributed by atoms with E-state index in [2.05, 4.69) is 32.7 Å². The van der Waals surface area contributed by atoms with Gasteiger partial charge in [0.15, 0.2) is 17.3 Å². The van der Waals surface area contributed by atoms with Crippen LogP contribution in [-0.2, 0) is 15.3 Å². The lowest BCUT2D eigenvalue weighted by atomic mass is 10.1. The van der Waals surface area contributed by atoms with Crippen LogP contribution in [0.1, 0.15) is 16.1 Å². The number of aromatic amines is 1. The fraction of sp³-hybridized carbons (Fsp3) is 0.318. The van der Waals surface area contributed by atoms with Gasteiger partial charge in [-0.25, -0.2) is 19.7 Å². The number of pyridine rings is 1. The van der Waals surface area contributed by atoms with E-state index in [1.807, 2.05) is 18.2 Å². The molecule has 1 aromatic carbocycles. The lowest BCUT2D eigenvalue weighted by Crippen LogP contribution is -2.37. The molecule has 33 heavy (non-hydrogen) atoms. The third kappa shape index (κ3) is 4.10. The van der Waals surface area contributed by atoms with E-state index < -0.39 is 5.97 Å². The standard InChI is InChI=1S/C22H23N7O3S/c1-28(2)32-22(30)17-10-13(12-33)18-19(24-17)21(29-6-8-31-9-7-29)26-20(25-18)14-4-3-5-16-15(14)11-23-27-16/h3-5,10-11,33H,6-9,12H2,1-2H3,(H,23,27). The van der Waals surface area contributed by atoms with Crippen LogP contribution in [-0.4, -0.2) is 76.6 Å². The van der Waals surface area contributed by atoms with E-state index in [4.69, 9.17) is 19.5 Å². The molecular formula is C22H23N7O3S. The van der Waals surface area contributed by atoms with Crippen molar-refractivity contribution in [2.75, 3.05) is 45.3 Å². The molecule has 4 aromatic rings. The monoisotopic (exact) mass is 465 g/mol. The van der Waals surface area contributed by atoms with Crippen molar-refractivity contribution >= 4 is 46.4 Å². The van der Waals surface area contributed by atoms with Crippen molar-refractivity contribution in [3.05, 3.63) is 41.7 Å². The highest BCUT2D eigenvalue weighted by molar-refractivity contribution is 7.79. The summed E-state index contributed by atoms with van der Waals surface area (Å²) in [7, 11) is 3.28. The molecule has 10 nitrogen and oxygen atoms in total. The maximum Gasteiger partial charge on any atom is 0.375 e. The van der Waals surface area contributed by atoms with Gasteiger partial charge in [-0.15, -0.1) is 5.06 Å². The Bertz CT molecular complexity index is 1330. The molecule has 0 atom stereocenters. The lowest BCUT2D eigenvalue weighted by molar-refractivity contribution is -0.0718. The third-order valence-corrected chi connectivity index (χ3v) is 5.73. The van der Waals surface area contributed by atoms with Gasteiger partial charge in [-0.05, 0) is 17.7 Å². The molecule has 4 heterocycles. The Morgan fingerprint density at radius 1 is 1.21 bits per heavy atom. The zero-order valence-electron chi connectivity index (χ0n) is 18.3. The summed E-state index contributed by atoms with van der Waals surface area (Å²) in [6, 6.07) is 7.55. The molecule has 170 valence electrons. The minimum absolute atomic E-state index is 0.183. The molecule has 1 fully saturated rings. The molecule has 1 N–H and O–H groups in total. The molecular weight excluding hydrogens is 442 g/mol. The molecule has 0 saturated carbocycles. The average Bonchev–Trinajstić information content (AvgIpc) is 3.32. The zero-order valence-corrected chi connectivity index (χ0v) is 19.2. The summed E-state index contributed by atoms with van der Waals surface area (Å²) in [5.41, 5.74) is 3.91. The second kappa shape index (κ2) is 8.93. The largest absolute Gasteiger partial charge is 0.378 e. The number of anilines is 1. The quantitative estimate of drug-likeness (QED) is 0.339. The van der Waals surface area contributed by atoms with Crippen molar-refractivity contribution in [2.24, 2.45) is 0 Å². The number of ether oxygens (including phenoxy) is 1. The summed E-state index contributed by atoms with van der Waals surface area (Å²) in [5, 5.41) is 9.42. The van der Waals surface area contributed by atoms with Crippen molar-refractivity contribution in [3.8, 4) is 11.4 Å². The van der Waals surface area contributed by atoms with Gasteiger partial charge in [0.05, 0.1) is 30.4 Å². The first-order valence-electron chi connectivity index (χ1n) is 10.5. The highest BCUT2D eigenvalue weighted by Gasteiger charge is 2.24. The number of rotatable bonds is 5. The molecule has 0 amide bonds. The summed E-state index contributed by atoms with van der Waals surface area (Å²) in [4.78, 5) is 34.4. The molecule has 0 bridgehead atoms. The van der Waals surface area contributed by atoms with E-state index in [1.165, 1.54) is 5.06 Å². The Morgan fingerprint density at radius 2 is 2.03 bits per heavy atom. The van der Waals surface area contributed by atoms with Gasteiger partial charge < -0.3 is 14.5 Å². The summed E-state index contributed by atoms with van der Waals surface area (Å²) in [6.45, 7) is 2.48. The second-order valence-corrected chi connectivity index (χ2v) is 8.14. The van der Waals surface area contributed by atoms with Crippen molar-refractivity contribution in [3.63, 3.8) is 0 Å². The average molecular weight is 466 g/mol. The van der Waals surface area contributed by atoms with Crippen molar-refractivity contribution in [2.45, 2.75) is 5.75 Å². The fourth-order valence-electron chi connectivity index (χ4n) is 3.87. The summed E-state index contributed by atoms with van der Waals surface area (Å²) >= 11 is 4.50. The Balaban J connectivity index is 1.76. The molecule has 1 saturated heterocycles. The Hall–Kier alpha value is -3.28. The van der Waals surface area contributed by atoms with Crippen LogP contribution < -0.4 is 4.90 Å². The normalized spacial score (nSPS) is 14.4. The number of nitrogens with one attached hydrogen (secondary N) is 1. The van der Waals surface area contributed by atoms with Crippen LogP contribution in [0.2, 0.25) is 0 Å².